The molecule has 0 aliphatic heterocycles. The minimum atomic E-state index is -0.619. The first kappa shape index (κ1) is 29.4. The number of aryl methyl sites for hydroxylation is 1. The quantitative estimate of drug-likeness (QED) is 0.172. The fourth-order valence-electron chi connectivity index (χ4n) is 2.86. The Morgan fingerprint density at radius 2 is 1.32 bits per heavy atom. The highest BCUT2D eigenvalue weighted by atomic mass is 16.7. The SMILES string of the molecule is COc1cc(OCOC(=O)C(C)(C)C)c(C)cc1/C=C/C(=O)c1ccc(OCOC(=O)C(C)(C)C)cc1. The number of hydrogen-bond donors (Lipinski definition) is 0. The normalized spacial score (nSPS) is 11.7. The van der Waals surface area contributed by atoms with Crippen molar-refractivity contribution in [1.29, 1.82) is 0 Å². The molecule has 0 aliphatic carbocycles. The van der Waals surface area contributed by atoms with Crippen molar-refractivity contribution in [2.45, 2.75) is 48.5 Å². The summed E-state index contributed by atoms with van der Waals surface area (Å²) >= 11 is 0. The molecular weight excluding hydrogens is 476 g/mol. The molecular formula is C29H36O8. The minimum Gasteiger partial charge on any atom is -0.496 e. The van der Waals surface area contributed by atoms with E-state index in [2.05, 4.69) is 0 Å². The van der Waals surface area contributed by atoms with Gasteiger partial charge in [0, 0.05) is 17.2 Å². The predicted molar refractivity (Wildman–Crippen MR) is 140 cm³/mol. The van der Waals surface area contributed by atoms with Crippen LogP contribution in [-0.2, 0) is 19.1 Å². The Kier molecular flexibility index (Phi) is 9.88. The molecule has 8 nitrogen and oxygen atoms in total. The molecule has 0 heterocycles. The summed E-state index contributed by atoms with van der Waals surface area (Å²) in [6.07, 6.45) is 3.11. The Morgan fingerprint density at radius 3 is 1.84 bits per heavy atom. The molecule has 2 aromatic carbocycles. The number of rotatable bonds is 10. The first-order valence-corrected chi connectivity index (χ1v) is 11.8. The van der Waals surface area contributed by atoms with Crippen LogP contribution in [0.2, 0.25) is 0 Å². The van der Waals surface area contributed by atoms with Gasteiger partial charge >= 0.3 is 11.9 Å². The van der Waals surface area contributed by atoms with Crippen LogP contribution < -0.4 is 14.2 Å². The van der Waals surface area contributed by atoms with Crippen molar-refractivity contribution < 1.29 is 38.1 Å². The van der Waals surface area contributed by atoms with Crippen molar-refractivity contribution >= 4 is 23.8 Å². The number of carbonyl (C=O) groups is 3. The van der Waals surface area contributed by atoms with Crippen LogP contribution in [0.3, 0.4) is 0 Å². The van der Waals surface area contributed by atoms with Crippen molar-refractivity contribution in [2.75, 3.05) is 20.7 Å². The summed E-state index contributed by atoms with van der Waals surface area (Å²) in [6.45, 7) is 12.0. The van der Waals surface area contributed by atoms with Gasteiger partial charge in [-0.2, -0.15) is 0 Å². The lowest BCUT2D eigenvalue weighted by molar-refractivity contribution is -0.160. The molecule has 0 amide bonds. The summed E-state index contributed by atoms with van der Waals surface area (Å²) in [5.74, 6) is 0.548. The molecule has 8 heteroatoms. The van der Waals surface area contributed by atoms with Gasteiger partial charge in [-0.15, -0.1) is 0 Å². The van der Waals surface area contributed by atoms with Gasteiger partial charge in [0.2, 0.25) is 13.6 Å². The van der Waals surface area contributed by atoms with E-state index in [1.807, 2.05) is 13.0 Å². The maximum atomic E-state index is 12.7. The van der Waals surface area contributed by atoms with Gasteiger partial charge in [0.25, 0.3) is 0 Å². The zero-order valence-corrected chi connectivity index (χ0v) is 22.8. The van der Waals surface area contributed by atoms with E-state index in [9.17, 15) is 14.4 Å². The average Bonchev–Trinajstić information content (AvgIpc) is 2.82. The maximum absolute atomic E-state index is 12.7. The molecule has 0 atom stereocenters. The number of benzene rings is 2. The predicted octanol–water partition coefficient (Wildman–Crippen LogP) is 5.75. The summed E-state index contributed by atoms with van der Waals surface area (Å²) < 4.78 is 26.7. The molecule has 0 spiro atoms. The van der Waals surface area contributed by atoms with Gasteiger partial charge in [-0.1, -0.05) is 0 Å². The molecule has 0 aliphatic rings. The van der Waals surface area contributed by atoms with E-state index in [0.29, 0.717) is 28.4 Å². The third kappa shape index (κ3) is 8.97. The molecule has 0 N–H and O–H groups in total. The lowest BCUT2D eigenvalue weighted by atomic mass is 9.97. The van der Waals surface area contributed by atoms with E-state index in [-0.39, 0.29) is 31.3 Å². The maximum Gasteiger partial charge on any atom is 0.314 e. The van der Waals surface area contributed by atoms with Gasteiger partial charge < -0.3 is 23.7 Å². The van der Waals surface area contributed by atoms with Crippen LogP contribution in [-0.4, -0.2) is 38.4 Å². The van der Waals surface area contributed by atoms with Crippen LogP contribution in [0.1, 0.15) is 63.0 Å². The zero-order chi connectivity index (χ0) is 27.8. The van der Waals surface area contributed by atoms with Gasteiger partial charge in [-0.05, 0) is 96.5 Å². The van der Waals surface area contributed by atoms with Crippen molar-refractivity contribution in [2.24, 2.45) is 10.8 Å². The fourth-order valence-corrected chi connectivity index (χ4v) is 2.86. The highest BCUT2D eigenvalue weighted by Crippen LogP contribution is 2.30. The van der Waals surface area contributed by atoms with E-state index < -0.39 is 10.8 Å². The Morgan fingerprint density at radius 1 is 0.784 bits per heavy atom. The molecule has 0 fully saturated rings. The Bertz CT molecular complexity index is 1130. The van der Waals surface area contributed by atoms with Crippen LogP contribution in [0.5, 0.6) is 17.2 Å². The number of esters is 2. The number of carbonyl (C=O) groups excluding carboxylic acids is 3. The molecule has 2 rings (SSSR count). The Hall–Kier alpha value is -3.81. The molecule has 2 aromatic rings. The Labute approximate surface area is 218 Å². The Balaban J connectivity index is 2.00. The number of methoxy groups -OCH3 is 1. The largest absolute Gasteiger partial charge is 0.496 e. The topological polar surface area (TPSA) is 97.4 Å². The summed E-state index contributed by atoms with van der Waals surface area (Å²) in [5.41, 5.74) is 0.709. The molecule has 37 heavy (non-hydrogen) atoms. The van der Waals surface area contributed by atoms with Gasteiger partial charge in [-0.3, -0.25) is 14.4 Å². The standard InChI is InChI=1S/C29H36O8/c1-19-15-21(25(33-8)16-24(19)35-18-37-27(32)29(5,6)7)11-14-23(30)20-9-12-22(13-10-20)34-17-36-26(31)28(2,3)4/h9-16H,17-18H2,1-8H3/b14-11+. The summed E-state index contributed by atoms with van der Waals surface area (Å²) in [4.78, 5) is 36.4. The lowest BCUT2D eigenvalue weighted by Crippen LogP contribution is -2.24. The average molecular weight is 513 g/mol. The van der Waals surface area contributed by atoms with Gasteiger partial charge in [0.15, 0.2) is 5.78 Å². The highest BCUT2D eigenvalue weighted by molar-refractivity contribution is 6.07. The van der Waals surface area contributed by atoms with Gasteiger partial charge in [-0.25, -0.2) is 0 Å². The van der Waals surface area contributed by atoms with E-state index in [1.165, 1.54) is 13.2 Å². The van der Waals surface area contributed by atoms with E-state index in [0.717, 1.165) is 5.56 Å². The number of ether oxygens (including phenoxy) is 5. The molecule has 0 bridgehead atoms. The second kappa shape index (κ2) is 12.4. The third-order valence-corrected chi connectivity index (χ3v) is 5.13. The van der Waals surface area contributed by atoms with E-state index >= 15 is 0 Å². The molecule has 0 unspecified atom stereocenters. The summed E-state index contributed by atoms with van der Waals surface area (Å²) in [6, 6.07) is 10.0. The summed E-state index contributed by atoms with van der Waals surface area (Å²) in [5, 5.41) is 0. The van der Waals surface area contributed by atoms with Crippen molar-refractivity contribution in [1.82, 2.24) is 0 Å². The van der Waals surface area contributed by atoms with Crippen molar-refractivity contribution in [3.05, 3.63) is 59.2 Å². The van der Waals surface area contributed by atoms with E-state index in [4.69, 9.17) is 23.7 Å². The molecule has 0 aromatic heterocycles. The van der Waals surface area contributed by atoms with Crippen LogP contribution in [0.15, 0.2) is 42.5 Å². The number of allylic oxidation sites excluding steroid dienone is 1. The number of ketones is 1. The zero-order valence-electron chi connectivity index (χ0n) is 22.8. The minimum absolute atomic E-state index is 0.207. The first-order valence-electron chi connectivity index (χ1n) is 11.8. The van der Waals surface area contributed by atoms with Crippen molar-refractivity contribution in [3.63, 3.8) is 0 Å². The van der Waals surface area contributed by atoms with Crippen LogP contribution in [0.25, 0.3) is 6.08 Å². The molecule has 0 saturated heterocycles. The lowest BCUT2D eigenvalue weighted by Gasteiger charge is -2.18. The van der Waals surface area contributed by atoms with Crippen LogP contribution in [0.4, 0.5) is 0 Å². The van der Waals surface area contributed by atoms with Crippen LogP contribution >= 0.6 is 0 Å². The smallest absolute Gasteiger partial charge is 0.314 e. The number of hydrogen-bond acceptors (Lipinski definition) is 8. The second-order valence-corrected chi connectivity index (χ2v) is 10.5. The highest BCUT2D eigenvalue weighted by Gasteiger charge is 2.24. The molecule has 200 valence electrons. The second-order valence-electron chi connectivity index (χ2n) is 10.5. The van der Waals surface area contributed by atoms with E-state index in [1.54, 1.807) is 78.0 Å². The van der Waals surface area contributed by atoms with Gasteiger partial charge in [0.1, 0.15) is 17.2 Å². The van der Waals surface area contributed by atoms with Crippen molar-refractivity contribution in [3.8, 4) is 17.2 Å². The molecule has 0 radical (unpaired) electrons. The first-order chi connectivity index (χ1) is 17.2. The fraction of sp³-hybridized carbons (Fsp3) is 0.414. The summed E-state index contributed by atoms with van der Waals surface area (Å²) in [7, 11) is 1.52. The molecule has 0 saturated carbocycles. The van der Waals surface area contributed by atoms with Crippen LogP contribution in [0, 0.1) is 17.8 Å². The van der Waals surface area contributed by atoms with Gasteiger partial charge in [0.05, 0.1) is 17.9 Å². The third-order valence-electron chi connectivity index (χ3n) is 5.13. The monoisotopic (exact) mass is 512 g/mol.